The second-order valence-electron chi connectivity index (χ2n) is 3.36. The van der Waals surface area contributed by atoms with Crippen LogP contribution < -0.4 is 11.1 Å². The van der Waals surface area contributed by atoms with E-state index in [1.807, 2.05) is 12.1 Å². The van der Waals surface area contributed by atoms with Gasteiger partial charge in [0.05, 0.1) is 19.3 Å². The maximum atomic E-state index is 5.81. The average molecular weight is 257 g/mol. The molecule has 3 N–H and O–H groups in total. The van der Waals surface area contributed by atoms with Gasteiger partial charge < -0.3 is 15.8 Å². The van der Waals surface area contributed by atoms with Crippen LogP contribution in [0.2, 0.25) is 0 Å². The van der Waals surface area contributed by atoms with E-state index in [1.54, 1.807) is 0 Å². The van der Waals surface area contributed by atoms with Gasteiger partial charge >= 0.3 is 0 Å². The molecule has 0 saturated carbocycles. The molecule has 1 aliphatic heterocycles. The zero-order valence-electron chi connectivity index (χ0n) is 7.79. The first kappa shape index (κ1) is 9.96. The number of hydrogen-bond acceptors (Lipinski definition) is 3. The topological polar surface area (TPSA) is 47.3 Å². The zero-order chi connectivity index (χ0) is 9.97. The van der Waals surface area contributed by atoms with E-state index in [4.69, 9.17) is 10.5 Å². The minimum atomic E-state index is 0.277. The summed E-state index contributed by atoms with van der Waals surface area (Å²) in [6, 6.07) is 6.30. The van der Waals surface area contributed by atoms with Gasteiger partial charge in [-0.1, -0.05) is 6.07 Å². The molecule has 1 aliphatic rings. The first-order valence-electron chi connectivity index (χ1n) is 4.63. The third kappa shape index (κ3) is 2.08. The van der Waals surface area contributed by atoms with Gasteiger partial charge in [0.15, 0.2) is 0 Å². The molecule has 1 heterocycles. The van der Waals surface area contributed by atoms with Crippen molar-refractivity contribution in [3.8, 4) is 0 Å². The van der Waals surface area contributed by atoms with Gasteiger partial charge in [-0.25, -0.2) is 0 Å². The predicted octanol–water partition coefficient (Wildman–Crippen LogP) is 1.69. The van der Waals surface area contributed by atoms with Crippen LogP contribution >= 0.6 is 15.9 Å². The van der Waals surface area contributed by atoms with Crippen molar-refractivity contribution in [3.05, 3.63) is 28.2 Å². The van der Waals surface area contributed by atoms with Gasteiger partial charge in [0, 0.05) is 16.7 Å². The highest BCUT2D eigenvalue weighted by Crippen LogP contribution is 2.24. The van der Waals surface area contributed by atoms with Crippen LogP contribution in [-0.4, -0.2) is 19.8 Å². The lowest BCUT2D eigenvalue weighted by molar-refractivity contribution is 0.0769. The summed E-state index contributed by atoms with van der Waals surface area (Å²) in [6.45, 7) is 2.42. The van der Waals surface area contributed by atoms with E-state index in [0.717, 1.165) is 29.9 Å². The minimum Gasteiger partial charge on any atom is -0.398 e. The highest BCUT2D eigenvalue weighted by Gasteiger charge is 2.15. The molecule has 0 aliphatic carbocycles. The molecule has 3 nitrogen and oxygen atoms in total. The number of nitrogens with two attached hydrogens (primary N) is 1. The molecule has 2 rings (SSSR count). The number of anilines is 1. The van der Waals surface area contributed by atoms with Crippen molar-refractivity contribution in [1.82, 2.24) is 5.32 Å². The Kier molecular flexibility index (Phi) is 3.05. The summed E-state index contributed by atoms with van der Waals surface area (Å²) in [5.41, 5.74) is 7.77. The van der Waals surface area contributed by atoms with Crippen LogP contribution in [0.5, 0.6) is 0 Å². The molecule has 0 unspecified atom stereocenters. The molecule has 76 valence electrons. The van der Waals surface area contributed by atoms with Crippen molar-refractivity contribution < 1.29 is 4.74 Å². The van der Waals surface area contributed by atoms with E-state index in [2.05, 4.69) is 27.3 Å². The van der Waals surface area contributed by atoms with Crippen LogP contribution in [0.4, 0.5) is 5.69 Å². The Morgan fingerprint density at radius 3 is 3.00 bits per heavy atom. The quantitative estimate of drug-likeness (QED) is 0.753. The average Bonchev–Trinajstić information content (AvgIpc) is 2.23. The first-order valence-corrected chi connectivity index (χ1v) is 5.43. The molecule has 0 bridgehead atoms. The first-order chi connectivity index (χ1) is 6.77. The molecule has 0 amide bonds. The van der Waals surface area contributed by atoms with Gasteiger partial charge in [-0.2, -0.15) is 0 Å². The number of halogens is 1. The second kappa shape index (κ2) is 4.29. The normalized spacial score (nSPS) is 22.2. The summed E-state index contributed by atoms with van der Waals surface area (Å²) in [5, 5.41) is 3.39. The number of rotatable bonds is 1. The molecule has 1 fully saturated rings. The van der Waals surface area contributed by atoms with Gasteiger partial charge in [-0.05, 0) is 33.6 Å². The van der Waals surface area contributed by atoms with Gasteiger partial charge in [-0.3, -0.25) is 0 Å². The maximum Gasteiger partial charge on any atom is 0.0662 e. The predicted molar refractivity (Wildman–Crippen MR) is 60.1 cm³/mol. The van der Waals surface area contributed by atoms with Crippen LogP contribution in [0.15, 0.2) is 22.7 Å². The summed E-state index contributed by atoms with van der Waals surface area (Å²) >= 11 is 3.38. The van der Waals surface area contributed by atoms with Gasteiger partial charge in [-0.15, -0.1) is 0 Å². The number of nitrogen functional groups attached to an aromatic ring is 1. The Bertz CT molecular complexity index is 324. The lowest BCUT2D eigenvalue weighted by Crippen LogP contribution is -2.34. The zero-order valence-corrected chi connectivity index (χ0v) is 9.38. The van der Waals surface area contributed by atoms with E-state index >= 15 is 0 Å². The molecule has 0 aromatic heterocycles. The van der Waals surface area contributed by atoms with E-state index in [1.165, 1.54) is 5.56 Å². The van der Waals surface area contributed by atoms with Crippen molar-refractivity contribution in [3.63, 3.8) is 0 Å². The summed E-state index contributed by atoms with van der Waals surface area (Å²) in [6.07, 6.45) is 0. The SMILES string of the molecule is Nc1cc([C@@H]2COCCN2)ccc1Br. The summed E-state index contributed by atoms with van der Waals surface area (Å²) in [7, 11) is 0. The fourth-order valence-electron chi connectivity index (χ4n) is 1.56. The molecular weight excluding hydrogens is 244 g/mol. The van der Waals surface area contributed by atoms with E-state index in [9.17, 15) is 0 Å². The maximum absolute atomic E-state index is 5.81. The molecule has 1 saturated heterocycles. The van der Waals surface area contributed by atoms with Crippen LogP contribution in [-0.2, 0) is 4.74 Å². The third-order valence-corrected chi connectivity index (χ3v) is 3.07. The molecule has 1 aromatic carbocycles. The molecule has 1 atom stereocenters. The summed E-state index contributed by atoms with van der Waals surface area (Å²) in [5.74, 6) is 0. The smallest absolute Gasteiger partial charge is 0.0662 e. The fourth-order valence-corrected chi connectivity index (χ4v) is 1.81. The van der Waals surface area contributed by atoms with Crippen LogP contribution in [0, 0.1) is 0 Å². The Labute approximate surface area is 91.8 Å². The van der Waals surface area contributed by atoms with Crippen molar-refractivity contribution >= 4 is 21.6 Å². The number of nitrogens with one attached hydrogen (secondary N) is 1. The van der Waals surface area contributed by atoms with Crippen LogP contribution in [0.1, 0.15) is 11.6 Å². The van der Waals surface area contributed by atoms with Crippen molar-refractivity contribution in [2.45, 2.75) is 6.04 Å². The Hall–Kier alpha value is -0.580. The molecular formula is C10H13BrN2O. The third-order valence-electron chi connectivity index (χ3n) is 2.34. The molecule has 0 radical (unpaired) electrons. The molecule has 4 heteroatoms. The number of benzene rings is 1. The molecule has 14 heavy (non-hydrogen) atoms. The van der Waals surface area contributed by atoms with E-state index < -0.39 is 0 Å². The van der Waals surface area contributed by atoms with Gasteiger partial charge in [0.25, 0.3) is 0 Å². The van der Waals surface area contributed by atoms with E-state index in [-0.39, 0.29) is 6.04 Å². The number of hydrogen-bond donors (Lipinski definition) is 2. The van der Waals surface area contributed by atoms with E-state index in [0.29, 0.717) is 0 Å². The minimum absolute atomic E-state index is 0.277. The number of ether oxygens (including phenoxy) is 1. The van der Waals surface area contributed by atoms with Crippen molar-refractivity contribution in [2.75, 3.05) is 25.5 Å². The standard InChI is InChI=1S/C10H13BrN2O/c11-8-2-1-7(5-9(8)12)10-6-14-4-3-13-10/h1-2,5,10,13H,3-4,6,12H2/t10-/m0/s1. The Morgan fingerprint density at radius 2 is 2.36 bits per heavy atom. The largest absolute Gasteiger partial charge is 0.398 e. The Morgan fingerprint density at radius 1 is 1.50 bits per heavy atom. The monoisotopic (exact) mass is 256 g/mol. The summed E-state index contributed by atoms with van der Waals surface area (Å²) in [4.78, 5) is 0. The van der Waals surface area contributed by atoms with Gasteiger partial charge in [0.2, 0.25) is 0 Å². The van der Waals surface area contributed by atoms with Gasteiger partial charge in [0.1, 0.15) is 0 Å². The van der Waals surface area contributed by atoms with Crippen molar-refractivity contribution in [1.29, 1.82) is 0 Å². The summed E-state index contributed by atoms with van der Waals surface area (Å²) < 4.78 is 6.33. The van der Waals surface area contributed by atoms with Crippen LogP contribution in [0.3, 0.4) is 0 Å². The van der Waals surface area contributed by atoms with Crippen LogP contribution in [0.25, 0.3) is 0 Å². The molecule has 0 spiro atoms. The molecule has 1 aromatic rings. The Balaban J connectivity index is 2.18. The lowest BCUT2D eigenvalue weighted by atomic mass is 10.1. The highest BCUT2D eigenvalue weighted by molar-refractivity contribution is 9.10. The highest BCUT2D eigenvalue weighted by atomic mass is 79.9. The second-order valence-corrected chi connectivity index (χ2v) is 4.22. The fraction of sp³-hybridized carbons (Fsp3) is 0.400. The number of morpholine rings is 1. The van der Waals surface area contributed by atoms with Crippen molar-refractivity contribution in [2.24, 2.45) is 0 Å². The lowest BCUT2D eigenvalue weighted by Gasteiger charge is -2.24.